The summed E-state index contributed by atoms with van der Waals surface area (Å²) in [5.41, 5.74) is 3.91. The van der Waals surface area contributed by atoms with E-state index in [0.717, 1.165) is 18.7 Å². The van der Waals surface area contributed by atoms with Crippen molar-refractivity contribution in [2.24, 2.45) is 0 Å². The van der Waals surface area contributed by atoms with Crippen LogP contribution in [0, 0.1) is 0 Å². The highest BCUT2D eigenvalue weighted by Crippen LogP contribution is 2.38. The highest BCUT2D eigenvalue weighted by atomic mass is 79.9. The zero-order chi connectivity index (χ0) is 15.1. The molecule has 5 heteroatoms. The van der Waals surface area contributed by atoms with Gasteiger partial charge in [-0.15, -0.1) is 11.3 Å². The average molecular weight is 377 g/mol. The number of aromatic amines is 1. The molecule has 0 saturated carbocycles. The molecule has 1 aromatic carbocycles. The first-order valence-electron chi connectivity index (χ1n) is 7.52. The third-order valence-corrected chi connectivity index (χ3v) is 5.80. The van der Waals surface area contributed by atoms with Gasteiger partial charge in [-0.2, -0.15) is 0 Å². The number of hydrogen-bond acceptors (Lipinski definition) is 3. The van der Waals surface area contributed by atoms with Crippen molar-refractivity contribution >= 4 is 38.2 Å². The van der Waals surface area contributed by atoms with Crippen LogP contribution in [-0.4, -0.2) is 18.1 Å². The van der Waals surface area contributed by atoms with E-state index < -0.39 is 0 Å². The Morgan fingerprint density at radius 1 is 1.32 bits per heavy atom. The van der Waals surface area contributed by atoms with Gasteiger partial charge >= 0.3 is 0 Å². The van der Waals surface area contributed by atoms with Crippen molar-refractivity contribution in [3.63, 3.8) is 0 Å². The topological polar surface area (TPSA) is 37.0 Å². The molecular weight excluding hydrogens is 360 g/mol. The SMILES string of the molecule is CCOc1ccc2[nH]c3c(c2c1)CCNC3c1ccc(Br)s1. The van der Waals surface area contributed by atoms with E-state index in [-0.39, 0.29) is 6.04 Å². The minimum absolute atomic E-state index is 0.253. The van der Waals surface area contributed by atoms with Crippen LogP contribution in [0.1, 0.15) is 29.1 Å². The van der Waals surface area contributed by atoms with Crippen LogP contribution in [0.2, 0.25) is 0 Å². The van der Waals surface area contributed by atoms with Gasteiger partial charge in [-0.3, -0.25) is 0 Å². The monoisotopic (exact) mass is 376 g/mol. The smallest absolute Gasteiger partial charge is 0.120 e. The fraction of sp³-hybridized carbons (Fsp3) is 0.294. The molecule has 3 heterocycles. The largest absolute Gasteiger partial charge is 0.494 e. The van der Waals surface area contributed by atoms with Crippen molar-refractivity contribution in [1.29, 1.82) is 0 Å². The summed E-state index contributed by atoms with van der Waals surface area (Å²) in [6.45, 7) is 3.72. The number of hydrogen-bond donors (Lipinski definition) is 2. The molecular formula is C17H17BrN2OS. The molecule has 1 aliphatic heterocycles. The molecule has 1 atom stereocenters. The van der Waals surface area contributed by atoms with Crippen molar-refractivity contribution < 1.29 is 4.74 Å². The molecule has 0 aliphatic carbocycles. The van der Waals surface area contributed by atoms with Crippen LogP contribution in [0.4, 0.5) is 0 Å². The summed E-state index contributed by atoms with van der Waals surface area (Å²) in [6, 6.07) is 10.9. The number of halogens is 1. The minimum Gasteiger partial charge on any atom is -0.494 e. The third-order valence-electron chi connectivity index (χ3n) is 4.11. The zero-order valence-corrected chi connectivity index (χ0v) is 14.7. The van der Waals surface area contributed by atoms with Crippen molar-refractivity contribution in [3.8, 4) is 5.75 Å². The molecule has 0 spiro atoms. The Morgan fingerprint density at radius 2 is 2.23 bits per heavy atom. The van der Waals surface area contributed by atoms with Crippen LogP contribution in [0.15, 0.2) is 34.1 Å². The summed E-state index contributed by atoms with van der Waals surface area (Å²) in [6.07, 6.45) is 1.05. The van der Waals surface area contributed by atoms with Gasteiger partial charge in [-0.05, 0) is 65.2 Å². The lowest BCUT2D eigenvalue weighted by molar-refractivity contribution is 0.340. The average Bonchev–Trinajstić information content (AvgIpc) is 3.11. The van der Waals surface area contributed by atoms with Crippen molar-refractivity contribution in [2.75, 3.05) is 13.2 Å². The lowest BCUT2D eigenvalue weighted by atomic mass is 9.98. The Morgan fingerprint density at radius 3 is 3.00 bits per heavy atom. The fourth-order valence-electron chi connectivity index (χ4n) is 3.19. The van der Waals surface area contributed by atoms with Crippen LogP contribution >= 0.6 is 27.3 Å². The van der Waals surface area contributed by atoms with Gasteiger partial charge < -0.3 is 15.0 Å². The van der Waals surface area contributed by atoms with Gasteiger partial charge in [-0.25, -0.2) is 0 Å². The molecule has 2 aromatic heterocycles. The van der Waals surface area contributed by atoms with E-state index in [1.54, 1.807) is 11.3 Å². The van der Waals surface area contributed by atoms with Crippen LogP contribution in [-0.2, 0) is 6.42 Å². The van der Waals surface area contributed by atoms with E-state index in [1.165, 1.54) is 30.8 Å². The Balaban J connectivity index is 1.83. The van der Waals surface area contributed by atoms with Gasteiger partial charge in [0.15, 0.2) is 0 Å². The summed E-state index contributed by atoms with van der Waals surface area (Å²) < 4.78 is 6.83. The van der Waals surface area contributed by atoms with E-state index in [0.29, 0.717) is 6.61 Å². The number of fused-ring (bicyclic) bond motifs is 3. The molecule has 0 amide bonds. The van der Waals surface area contributed by atoms with E-state index >= 15 is 0 Å². The van der Waals surface area contributed by atoms with Crippen LogP contribution < -0.4 is 10.1 Å². The Bertz CT molecular complexity index is 823. The molecule has 1 aliphatic rings. The van der Waals surface area contributed by atoms with E-state index in [2.05, 4.69) is 50.5 Å². The molecule has 3 aromatic rings. The molecule has 0 fully saturated rings. The predicted molar refractivity (Wildman–Crippen MR) is 95.0 cm³/mol. The molecule has 0 saturated heterocycles. The van der Waals surface area contributed by atoms with Crippen LogP contribution in [0.3, 0.4) is 0 Å². The first-order chi connectivity index (χ1) is 10.8. The maximum absolute atomic E-state index is 5.66. The van der Waals surface area contributed by atoms with Crippen LogP contribution in [0.25, 0.3) is 10.9 Å². The van der Waals surface area contributed by atoms with Gasteiger partial charge in [0.05, 0.1) is 16.4 Å². The van der Waals surface area contributed by atoms with Gasteiger partial charge in [0.2, 0.25) is 0 Å². The first kappa shape index (κ1) is 14.3. The molecule has 0 radical (unpaired) electrons. The van der Waals surface area contributed by atoms with Gasteiger partial charge in [0.25, 0.3) is 0 Å². The third kappa shape index (κ3) is 2.37. The summed E-state index contributed by atoms with van der Waals surface area (Å²) in [5.74, 6) is 0.950. The number of benzene rings is 1. The second kappa shape index (κ2) is 5.72. The minimum atomic E-state index is 0.253. The van der Waals surface area contributed by atoms with Gasteiger partial charge in [0, 0.05) is 28.0 Å². The highest BCUT2D eigenvalue weighted by molar-refractivity contribution is 9.11. The van der Waals surface area contributed by atoms with Crippen molar-refractivity contribution in [2.45, 2.75) is 19.4 Å². The number of aromatic nitrogens is 1. The second-order valence-electron chi connectivity index (χ2n) is 5.44. The Hall–Kier alpha value is -1.30. The number of ether oxygens (including phenoxy) is 1. The van der Waals surface area contributed by atoms with Crippen LogP contribution in [0.5, 0.6) is 5.75 Å². The second-order valence-corrected chi connectivity index (χ2v) is 7.93. The molecule has 22 heavy (non-hydrogen) atoms. The lowest BCUT2D eigenvalue weighted by Gasteiger charge is -2.23. The number of thiophene rings is 1. The normalized spacial score (nSPS) is 17.6. The number of nitrogens with one attached hydrogen (secondary N) is 2. The van der Waals surface area contributed by atoms with Crippen molar-refractivity contribution in [3.05, 3.63) is 50.3 Å². The number of rotatable bonds is 3. The Labute approximate surface area is 141 Å². The number of H-pyrrole nitrogens is 1. The maximum Gasteiger partial charge on any atom is 0.120 e. The van der Waals surface area contributed by atoms with E-state index in [1.807, 2.05) is 13.0 Å². The molecule has 3 nitrogen and oxygen atoms in total. The quantitative estimate of drug-likeness (QED) is 0.699. The molecule has 2 N–H and O–H groups in total. The Kier molecular flexibility index (Phi) is 3.72. The molecule has 4 rings (SSSR count). The summed E-state index contributed by atoms with van der Waals surface area (Å²) >= 11 is 5.35. The van der Waals surface area contributed by atoms with Gasteiger partial charge in [0.1, 0.15) is 5.75 Å². The summed E-state index contributed by atoms with van der Waals surface area (Å²) in [7, 11) is 0. The maximum atomic E-state index is 5.66. The molecule has 0 bridgehead atoms. The standard InChI is InChI=1S/C17H17BrN2OS/c1-2-21-10-3-4-13-12(9-10)11-7-8-19-17(16(11)20-13)14-5-6-15(18)22-14/h3-6,9,17,19-20H,2,7-8H2,1H3. The molecule has 1 unspecified atom stereocenters. The highest BCUT2D eigenvalue weighted by Gasteiger charge is 2.26. The summed E-state index contributed by atoms with van der Waals surface area (Å²) in [4.78, 5) is 4.95. The summed E-state index contributed by atoms with van der Waals surface area (Å²) in [5, 5.41) is 4.93. The van der Waals surface area contributed by atoms with E-state index in [9.17, 15) is 0 Å². The predicted octanol–water partition coefficient (Wildman–Crippen LogP) is 4.63. The molecule has 114 valence electrons. The first-order valence-corrected chi connectivity index (χ1v) is 9.13. The lowest BCUT2D eigenvalue weighted by Crippen LogP contribution is -2.29. The van der Waals surface area contributed by atoms with Crippen molar-refractivity contribution in [1.82, 2.24) is 10.3 Å². The zero-order valence-electron chi connectivity index (χ0n) is 12.3. The fourth-order valence-corrected chi connectivity index (χ4v) is 4.70. The van der Waals surface area contributed by atoms with Gasteiger partial charge in [-0.1, -0.05) is 0 Å². The van der Waals surface area contributed by atoms with E-state index in [4.69, 9.17) is 4.74 Å².